The van der Waals surface area contributed by atoms with Gasteiger partial charge >= 0.3 is 0 Å². The molecule has 0 bridgehead atoms. The monoisotopic (exact) mass is 393 g/mol. The van der Waals surface area contributed by atoms with Gasteiger partial charge in [0, 0.05) is 22.7 Å². The maximum Gasteiger partial charge on any atom is 0.269 e. The fourth-order valence-electron chi connectivity index (χ4n) is 3.19. The summed E-state index contributed by atoms with van der Waals surface area (Å²) < 4.78 is 5.93. The maximum absolute atomic E-state index is 12.9. The van der Waals surface area contributed by atoms with E-state index in [1.165, 1.54) is 4.90 Å². The molecular formula is C23H20ClNO3. The molecule has 1 aliphatic rings. The molecule has 0 fully saturated rings. The van der Waals surface area contributed by atoms with Crippen molar-refractivity contribution in [2.45, 2.75) is 27.2 Å². The van der Waals surface area contributed by atoms with Crippen LogP contribution in [0.4, 0.5) is 0 Å². The summed E-state index contributed by atoms with van der Waals surface area (Å²) in [5, 5.41) is 0.655. The third-order valence-corrected chi connectivity index (χ3v) is 5.16. The standard InChI is InChI=1S/C23H20ClNO3/c1-5-12-25-22(26)17(6-2)14(3)19(23(25)27)13-16-10-11-21(28-16)18-8-7-9-20(24)15(18)4/h2,7-11,13H,5,12H2,1,3-4H3/b19-13+. The first kappa shape index (κ1) is 19.7. The highest BCUT2D eigenvalue weighted by Gasteiger charge is 2.34. The second-order valence-electron chi connectivity index (χ2n) is 6.58. The largest absolute Gasteiger partial charge is 0.457 e. The summed E-state index contributed by atoms with van der Waals surface area (Å²) >= 11 is 6.20. The van der Waals surface area contributed by atoms with E-state index in [1.807, 2.05) is 38.1 Å². The highest BCUT2D eigenvalue weighted by atomic mass is 35.5. The van der Waals surface area contributed by atoms with Gasteiger partial charge in [-0.3, -0.25) is 14.5 Å². The van der Waals surface area contributed by atoms with E-state index in [-0.39, 0.29) is 11.5 Å². The van der Waals surface area contributed by atoms with Crippen LogP contribution in [0.2, 0.25) is 5.02 Å². The first-order chi connectivity index (χ1) is 13.4. The van der Waals surface area contributed by atoms with Crippen molar-refractivity contribution in [3.8, 4) is 23.7 Å². The Bertz CT molecular complexity index is 1070. The molecule has 1 aromatic heterocycles. The van der Waals surface area contributed by atoms with Gasteiger partial charge in [-0.1, -0.05) is 36.6 Å². The van der Waals surface area contributed by atoms with Crippen molar-refractivity contribution >= 4 is 29.5 Å². The second-order valence-corrected chi connectivity index (χ2v) is 6.99. The molecule has 142 valence electrons. The van der Waals surface area contributed by atoms with Gasteiger partial charge in [-0.05, 0) is 55.7 Å². The molecule has 0 aliphatic carbocycles. The Labute approximate surface area is 169 Å². The van der Waals surface area contributed by atoms with Crippen molar-refractivity contribution in [1.82, 2.24) is 4.90 Å². The summed E-state index contributed by atoms with van der Waals surface area (Å²) in [7, 11) is 0. The SMILES string of the molecule is C#CC1=C(C)/C(=C\c2ccc(-c3cccc(Cl)c3C)o2)C(=O)N(CCC)C1=O. The fourth-order valence-corrected chi connectivity index (χ4v) is 3.36. The van der Waals surface area contributed by atoms with E-state index >= 15 is 0 Å². The molecule has 0 N–H and O–H groups in total. The molecular weight excluding hydrogens is 374 g/mol. The van der Waals surface area contributed by atoms with Crippen LogP contribution in [0.25, 0.3) is 17.4 Å². The minimum absolute atomic E-state index is 0.205. The molecule has 0 saturated carbocycles. The van der Waals surface area contributed by atoms with Crippen LogP contribution in [0.1, 0.15) is 31.6 Å². The highest BCUT2D eigenvalue weighted by Crippen LogP contribution is 2.32. The third kappa shape index (κ3) is 3.42. The van der Waals surface area contributed by atoms with Crippen LogP contribution in [0.3, 0.4) is 0 Å². The predicted molar refractivity (Wildman–Crippen MR) is 110 cm³/mol. The first-order valence-corrected chi connectivity index (χ1v) is 9.37. The summed E-state index contributed by atoms with van der Waals surface area (Å²) in [4.78, 5) is 26.5. The topological polar surface area (TPSA) is 50.5 Å². The van der Waals surface area contributed by atoms with Gasteiger partial charge in [0.1, 0.15) is 11.5 Å². The lowest BCUT2D eigenvalue weighted by molar-refractivity contribution is -0.140. The quantitative estimate of drug-likeness (QED) is 0.416. The van der Waals surface area contributed by atoms with E-state index in [4.69, 9.17) is 22.4 Å². The molecule has 3 rings (SSSR count). The van der Waals surface area contributed by atoms with Crippen LogP contribution >= 0.6 is 11.6 Å². The molecule has 0 radical (unpaired) electrons. The molecule has 2 amide bonds. The first-order valence-electron chi connectivity index (χ1n) is 9.00. The van der Waals surface area contributed by atoms with E-state index in [2.05, 4.69) is 5.92 Å². The van der Waals surface area contributed by atoms with Gasteiger partial charge in [0.2, 0.25) is 0 Å². The number of imide groups is 1. The smallest absolute Gasteiger partial charge is 0.269 e. The average molecular weight is 394 g/mol. The molecule has 0 spiro atoms. The normalized spacial score (nSPS) is 16.1. The summed E-state index contributed by atoms with van der Waals surface area (Å²) in [5.41, 5.74) is 2.85. The Kier molecular flexibility index (Phi) is 5.58. The molecule has 2 heterocycles. The number of nitrogens with zero attached hydrogens (tertiary/aromatic N) is 1. The Hall–Kier alpha value is -3.03. The van der Waals surface area contributed by atoms with Crippen LogP contribution in [0, 0.1) is 19.3 Å². The molecule has 4 nitrogen and oxygen atoms in total. The van der Waals surface area contributed by atoms with E-state index in [0.717, 1.165) is 11.1 Å². The van der Waals surface area contributed by atoms with Gasteiger partial charge in [-0.2, -0.15) is 0 Å². The van der Waals surface area contributed by atoms with Crippen molar-refractivity contribution < 1.29 is 14.0 Å². The Balaban J connectivity index is 2.05. The van der Waals surface area contributed by atoms with Gasteiger partial charge in [-0.15, -0.1) is 6.42 Å². The number of hydrogen-bond acceptors (Lipinski definition) is 3. The number of halogens is 1. The third-order valence-electron chi connectivity index (χ3n) is 4.75. The number of carbonyl (C=O) groups is 2. The molecule has 1 aliphatic heterocycles. The van der Waals surface area contributed by atoms with Crippen LogP contribution in [0.5, 0.6) is 0 Å². The Morgan fingerprint density at radius 3 is 2.61 bits per heavy atom. The van der Waals surface area contributed by atoms with Crippen LogP contribution in [-0.2, 0) is 9.59 Å². The zero-order valence-electron chi connectivity index (χ0n) is 16.0. The van der Waals surface area contributed by atoms with Crippen LogP contribution < -0.4 is 0 Å². The number of furan rings is 1. The number of rotatable bonds is 4. The summed E-state index contributed by atoms with van der Waals surface area (Å²) in [6.07, 6.45) is 7.81. The zero-order chi connectivity index (χ0) is 20.4. The van der Waals surface area contributed by atoms with E-state index < -0.39 is 5.91 Å². The van der Waals surface area contributed by atoms with Gasteiger partial charge < -0.3 is 4.42 Å². The van der Waals surface area contributed by atoms with Gasteiger partial charge in [-0.25, -0.2) is 0 Å². The molecule has 2 aromatic rings. The number of benzene rings is 1. The van der Waals surface area contributed by atoms with Crippen molar-refractivity contribution in [3.05, 3.63) is 63.4 Å². The number of carbonyl (C=O) groups excluding carboxylic acids is 2. The molecule has 5 heteroatoms. The van der Waals surface area contributed by atoms with Crippen molar-refractivity contribution in [1.29, 1.82) is 0 Å². The van der Waals surface area contributed by atoms with Crippen LogP contribution in [-0.4, -0.2) is 23.3 Å². The van der Waals surface area contributed by atoms with Crippen molar-refractivity contribution in [2.24, 2.45) is 0 Å². The maximum atomic E-state index is 12.9. The van der Waals surface area contributed by atoms with E-state index in [1.54, 1.807) is 19.1 Å². The highest BCUT2D eigenvalue weighted by molar-refractivity contribution is 6.31. The number of amides is 2. The molecule has 28 heavy (non-hydrogen) atoms. The second kappa shape index (κ2) is 7.92. The summed E-state index contributed by atoms with van der Waals surface area (Å²) in [5.74, 6) is 2.79. The Morgan fingerprint density at radius 2 is 1.93 bits per heavy atom. The summed E-state index contributed by atoms with van der Waals surface area (Å²) in [6.45, 7) is 5.82. The summed E-state index contributed by atoms with van der Waals surface area (Å²) in [6, 6.07) is 9.21. The van der Waals surface area contributed by atoms with Gasteiger partial charge in [0.25, 0.3) is 11.8 Å². The number of hydrogen-bond donors (Lipinski definition) is 0. The lowest BCUT2D eigenvalue weighted by Gasteiger charge is -2.27. The van der Waals surface area contributed by atoms with Gasteiger partial charge in [0.05, 0.1) is 5.57 Å². The minimum Gasteiger partial charge on any atom is -0.457 e. The minimum atomic E-state index is -0.418. The predicted octanol–water partition coefficient (Wildman–Crippen LogP) is 5.02. The molecule has 0 saturated heterocycles. The van der Waals surface area contributed by atoms with Gasteiger partial charge in [0.15, 0.2) is 0 Å². The van der Waals surface area contributed by atoms with E-state index in [0.29, 0.717) is 40.7 Å². The lowest BCUT2D eigenvalue weighted by Crippen LogP contribution is -2.43. The molecule has 1 aromatic carbocycles. The van der Waals surface area contributed by atoms with Crippen molar-refractivity contribution in [3.63, 3.8) is 0 Å². The van der Waals surface area contributed by atoms with Crippen LogP contribution in [0.15, 0.2) is 51.5 Å². The zero-order valence-corrected chi connectivity index (χ0v) is 16.8. The average Bonchev–Trinajstić information content (AvgIpc) is 3.13. The number of terminal acetylenes is 1. The molecule has 0 unspecified atom stereocenters. The fraction of sp³-hybridized carbons (Fsp3) is 0.217. The lowest BCUT2D eigenvalue weighted by atomic mass is 9.94. The Morgan fingerprint density at radius 1 is 1.18 bits per heavy atom. The van der Waals surface area contributed by atoms with E-state index in [9.17, 15) is 9.59 Å². The molecule has 0 atom stereocenters. The van der Waals surface area contributed by atoms with Crippen molar-refractivity contribution in [2.75, 3.05) is 6.54 Å².